The number of rotatable bonds is 2. The Balaban J connectivity index is 2.63. The van der Waals surface area contributed by atoms with Gasteiger partial charge in [0.2, 0.25) is 5.12 Å². The van der Waals surface area contributed by atoms with Gasteiger partial charge in [0.25, 0.3) is 0 Å². The van der Waals surface area contributed by atoms with E-state index in [-0.39, 0.29) is 17.3 Å². The fourth-order valence-electron chi connectivity index (χ4n) is 1.79. The number of thioether (sulfide) groups is 1. The van der Waals surface area contributed by atoms with Crippen LogP contribution in [-0.2, 0) is 9.53 Å². The first kappa shape index (κ1) is 14.4. The van der Waals surface area contributed by atoms with Gasteiger partial charge in [-0.05, 0) is 39.4 Å². The average molecular weight is 259 g/mol. The number of likely N-dealkylation sites (tertiary alicyclic amines) is 1. The lowest BCUT2D eigenvalue weighted by molar-refractivity contribution is -0.114. The van der Waals surface area contributed by atoms with Crippen molar-refractivity contribution >= 4 is 23.0 Å². The molecular weight excluding hydrogens is 238 g/mol. The summed E-state index contributed by atoms with van der Waals surface area (Å²) in [5, 5.41) is 0.0795. The van der Waals surface area contributed by atoms with Gasteiger partial charge in [0.15, 0.2) is 0 Å². The number of nitrogens with zero attached hydrogens (tertiary/aromatic N) is 1. The third-order valence-corrected chi connectivity index (χ3v) is 3.28. The normalized spacial score (nSPS) is 20.5. The second-order valence-electron chi connectivity index (χ2n) is 5.08. The second-order valence-corrected chi connectivity index (χ2v) is 6.35. The standard InChI is InChI=1S/C12H21NO3S/c1-5-17-10(14)9-7-6-8-13(9)11(15)16-12(2,3)4/h9H,5-8H2,1-4H3/t9-/m0/s1. The highest BCUT2D eigenvalue weighted by Crippen LogP contribution is 2.24. The molecule has 17 heavy (non-hydrogen) atoms. The first-order chi connectivity index (χ1) is 7.85. The number of hydrogen-bond donors (Lipinski definition) is 0. The summed E-state index contributed by atoms with van der Waals surface area (Å²) in [7, 11) is 0. The lowest BCUT2D eigenvalue weighted by atomic mass is 10.2. The van der Waals surface area contributed by atoms with Crippen LogP contribution in [-0.4, -0.2) is 40.0 Å². The molecule has 5 heteroatoms. The zero-order chi connectivity index (χ0) is 13.1. The molecule has 1 amide bonds. The predicted molar refractivity (Wildman–Crippen MR) is 69.1 cm³/mol. The van der Waals surface area contributed by atoms with Gasteiger partial charge in [-0.2, -0.15) is 0 Å². The molecule has 0 radical (unpaired) electrons. The van der Waals surface area contributed by atoms with Crippen LogP contribution < -0.4 is 0 Å². The average Bonchev–Trinajstić information content (AvgIpc) is 2.63. The summed E-state index contributed by atoms with van der Waals surface area (Å²) >= 11 is 1.28. The van der Waals surface area contributed by atoms with E-state index in [0.29, 0.717) is 6.54 Å². The van der Waals surface area contributed by atoms with Crippen LogP contribution in [0.25, 0.3) is 0 Å². The molecule has 4 nitrogen and oxygen atoms in total. The minimum absolute atomic E-state index is 0.0795. The molecule has 1 rings (SSSR count). The van der Waals surface area contributed by atoms with Crippen molar-refractivity contribution in [1.82, 2.24) is 4.90 Å². The van der Waals surface area contributed by atoms with E-state index in [2.05, 4.69) is 0 Å². The number of carbonyl (C=O) groups excluding carboxylic acids is 2. The lowest BCUT2D eigenvalue weighted by Gasteiger charge is -2.27. The van der Waals surface area contributed by atoms with Gasteiger partial charge in [0.05, 0.1) is 0 Å². The van der Waals surface area contributed by atoms with E-state index in [1.54, 1.807) is 4.90 Å². The molecule has 0 N–H and O–H groups in total. The van der Waals surface area contributed by atoms with Crippen LogP contribution in [0.4, 0.5) is 4.79 Å². The first-order valence-electron chi connectivity index (χ1n) is 6.01. The van der Waals surface area contributed by atoms with Crippen LogP contribution in [0, 0.1) is 0 Å². The molecule has 1 aliphatic rings. The van der Waals surface area contributed by atoms with Gasteiger partial charge in [-0.25, -0.2) is 4.79 Å². The van der Waals surface area contributed by atoms with Gasteiger partial charge in [0.1, 0.15) is 11.6 Å². The number of amides is 1. The van der Waals surface area contributed by atoms with Gasteiger partial charge in [-0.15, -0.1) is 0 Å². The molecule has 0 spiro atoms. The molecule has 0 unspecified atom stereocenters. The summed E-state index contributed by atoms with van der Waals surface area (Å²) in [4.78, 5) is 25.3. The summed E-state index contributed by atoms with van der Waals surface area (Å²) in [6.07, 6.45) is 1.26. The maximum absolute atomic E-state index is 11.9. The highest BCUT2D eigenvalue weighted by molar-refractivity contribution is 8.13. The van der Waals surface area contributed by atoms with E-state index in [1.165, 1.54) is 11.8 Å². The molecular formula is C12H21NO3S. The maximum Gasteiger partial charge on any atom is 0.410 e. The zero-order valence-corrected chi connectivity index (χ0v) is 11.8. The van der Waals surface area contributed by atoms with Crippen molar-refractivity contribution in [2.24, 2.45) is 0 Å². The third-order valence-electron chi connectivity index (χ3n) is 2.44. The van der Waals surface area contributed by atoms with Gasteiger partial charge in [-0.1, -0.05) is 18.7 Å². The number of carbonyl (C=O) groups is 2. The van der Waals surface area contributed by atoms with Crippen LogP contribution in [0.2, 0.25) is 0 Å². The van der Waals surface area contributed by atoms with Crippen molar-refractivity contribution in [1.29, 1.82) is 0 Å². The van der Waals surface area contributed by atoms with E-state index < -0.39 is 5.60 Å². The molecule has 1 aliphatic heterocycles. The lowest BCUT2D eigenvalue weighted by Crippen LogP contribution is -2.42. The van der Waals surface area contributed by atoms with E-state index in [9.17, 15) is 9.59 Å². The summed E-state index contributed by atoms with van der Waals surface area (Å²) in [6, 6.07) is -0.296. The van der Waals surface area contributed by atoms with Crippen molar-refractivity contribution in [2.75, 3.05) is 12.3 Å². The Kier molecular flexibility index (Phi) is 4.86. The van der Waals surface area contributed by atoms with Crippen molar-refractivity contribution in [3.05, 3.63) is 0 Å². The third kappa shape index (κ3) is 4.22. The SMILES string of the molecule is CCSC(=O)[C@@H]1CCCN1C(=O)OC(C)(C)C. The van der Waals surface area contributed by atoms with E-state index >= 15 is 0 Å². The maximum atomic E-state index is 11.9. The minimum atomic E-state index is -0.509. The Morgan fingerprint density at radius 1 is 1.41 bits per heavy atom. The molecule has 0 aliphatic carbocycles. The molecule has 0 aromatic rings. The van der Waals surface area contributed by atoms with Crippen molar-refractivity contribution in [3.63, 3.8) is 0 Å². The fraction of sp³-hybridized carbons (Fsp3) is 0.833. The smallest absolute Gasteiger partial charge is 0.410 e. The van der Waals surface area contributed by atoms with Gasteiger partial charge in [-0.3, -0.25) is 9.69 Å². The second kappa shape index (κ2) is 5.76. The first-order valence-corrected chi connectivity index (χ1v) is 7.00. The van der Waals surface area contributed by atoms with Crippen LogP contribution in [0.3, 0.4) is 0 Å². The molecule has 1 atom stereocenters. The van der Waals surface area contributed by atoms with Gasteiger partial charge < -0.3 is 4.74 Å². The van der Waals surface area contributed by atoms with Gasteiger partial charge in [0, 0.05) is 6.54 Å². The van der Waals surface area contributed by atoms with E-state index in [4.69, 9.17) is 4.74 Å². The summed E-state index contributed by atoms with van der Waals surface area (Å²) in [6.45, 7) is 8.06. The highest BCUT2D eigenvalue weighted by Gasteiger charge is 2.36. The number of ether oxygens (including phenoxy) is 1. The van der Waals surface area contributed by atoms with Crippen LogP contribution in [0.15, 0.2) is 0 Å². The molecule has 0 aromatic carbocycles. The molecule has 0 bridgehead atoms. The van der Waals surface area contributed by atoms with Gasteiger partial charge >= 0.3 is 6.09 Å². The Bertz CT molecular complexity index is 299. The molecule has 1 saturated heterocycles. The van der Waals surface area contributed by atoms with E-state index in [1.807, 2.05) is 27.7 Å². The highest BCUT2D eigenvalue weighted by atomic mass is 32.2. The van der Waals surface area contributed by atoms with Crippen LogP contribution in [0.5, 0.6) is 0 Å². The summed E-state index contributed by atoms with van der Waals surface area (Å²) in [5.41, 5.74) is -0.509. The van der Waals surface area contributed by atoms with Crippen molar-refractivity contribution in [2.45, 2.75) is 52.2 Å². The predicted octanol–water partition coefficient (Wildman–Crippen LogP) is 2.67. The number of hydrogen-bond acceptors (Lipinski definition) is 4. The van der Waals surface area contributed by atoms with Crippen molar-refractivity contribution in [3.8, 4) is 0 Å². The Morgan fingerprint density at radius 2 is 2.06 bits per heavy atom. The quantitative estimate of drug-likeness (QED) is 0.765. The molecule has 1 fully saturated rings. The van der Waals surface area contributed by atoms with Crippen LogP contribution in [0.1, 0.15) is 40.5 Å². The largest absolute Gasteiger partial charge is 0.444 e. The Morgan fingerprint density at radius 3 is 2.59 bits per heavy atom. The summed E-state index contributed by atoms with van der Waals surface area (Å²) in [5.74, 6) is 0.748. The van der Waals surface area contributed by atoms with Crippen LogP contribution >= 0.6 is 11.8 Å². The summed E-state index contributed by atoms with van der Waals surface area (Å²) < 4.78 is 5.31. The van der Waals surface area contributed by atoms with E-state index in [0.717, 1.165) is 18.6 Å². The Hall–Kier alpha value is -0.710. The topological polar surface area (TPSA) is 46.6 Å². The Labute approximate surface area is 107 Å². The zero-order valence-electron chi connectivity index (χ0n) is 11.0. The van der Waals surface area contributed by atoms with Crippen molar-refractivity contribution < 1.29 is 14.3 Å². The monoisotopic (exact) mass is 259 g/mol. The molecule has 98 valence electrons. The fourth-order valence-corrected chi connectivity index (χ4v) is 2.51. The minimum Gasteiger partial charge on any atom is -0.444 e. The molecule has 0 aromatic heterocycles. The molecule has 0 saturated carbocycles. The molecule has 1 heterocycles.